The van der Waals surface area contributed by atoms with Crippen LogP contribution in [-0.4, -0.2) is 94.5 Å². The van der Waals surface area contributed by atoms with Crippen LogP contribution in [0.4, 0.5) is 9.59 Å². The van der Waals surface area contributed by atoms with Crippen molar-refractivity contribution in [3.8, 4) is 0 Å². The van der Waals surface area contributed by atoms with Gasteiger partial charge in [0.1, 0.15) is 29.8 Å². The summed E-state index contributed by atoms with van der Waals surface area (Å²) in [4.78, 5) is 69.1. The topological polar surface area (TPSA) is 164 Å². The van der Waals surface area contributed by atoms with E-state index in [1.165, 1.54) is 9.80 Å². The van der Waals surface area contributed by atoms with Crippen molar-refractivity contribution in [2.24, 2.45) is 5.92 Å². The Morgan fingerprint density at radius 3 is 2.70 bits per heavy atom. The van der Waals surface area contributed by atoms with Crippen LogP contribution in [0.15, 0.2) is 30.4 Å². The number of nitrogens with one attached hydrogen (secondary N) is 2. The molecule has 5 aliphatic rings. The SMILES string of the molecule is O=C(N[C@H]1CCCCC/C=C\[C@H]2C[C@@]2(C(=O)O)NC(=O)[C@@H]2C[C@@H](OC(=O)N3Cc4cccc(Cl)c4C3)CN2C1=O)OC1CCOC1. The summed E-state index contributed by atoms with van der Waals surface area (Å²) < 4.78 is 16.6. The maximum atomic E-state index is 14.1. The van der Waals surface area contributed by atoms with E-state index in [-0.39, 0.29) is 38.5 Å². The van der Waals surface area contributed by atoms with Crippen molar-refractivity contribution in [1.29, 1.82) is 0 Å². The maximum absolute atomic E-state index is 14.1. The first kappa shape index (κ1) is 32.1. The van der Waals surface area contributed by atoms with E-state index in [0.29, 0.717) is 37.4 Å². The van der Waals surface area contributed by atoms with E-state index < -0.39 is 59.8 Å². The quantitative estimate of drug-likeness (QED) is 0.413. The van der Waals surface area contributed by atoms with E-state index in [9.17, 15) is 29.1 Å². The zero-order valence-electron chi connectivity index (χ0n) is 25.5. The fourth-order valence-corrected chi connectivity index (χ4v) is 7.06. The number of hydrogen-bond acceptors (Lipinski definition) is 8. The van der Waals surface area contributed by atoms with E-state index in [1.807, 2.05) is 24.3 Å². The number of nitrogens with zero attached hydrogens (tertiary/aromatic N) is 2. The Morgan fingerprint density at radius 1 is 1.09 bits per heavy atom. The monoisotopic (exact) mass is 658 g/mol. The Bertz CT molecular complexity index is 1420. The minimum absolute atomic E-state index is 0.0301. The van der Waals surface area contributed by atoms with Crippen LogP contribution in [-0.2, 0) is 41.7 Å². The van der Waals surface area contributed by atoms with Crippen molar-refractivity contribution in [2.75, 3.05) is 19.8 Å². The first-order chi connectivity index (χ1) is 22.1. The number of hydrogen-bond donors (Lipinski definition) is 3. The van der Waals surface area contributed by atoms with Crippen molar-refractivity contribution < 1.29 is 43.3 Å². The standard InChI is InChI=1S/C32H39ClN4O9/c33-24-9-6-7-19-15-36(17-23(19)24)31(43)46-22-13-26-27(38)35-32(29(40)41)14-20(32)8-4-2-1-3-5-10-25(28(39)37(26)16-22)34-30(42)45-21-11-12-44-18-21/h4,6-9,20-22,25-26H,1-3,5,10-18H2,(H,34,42)(H,35,38)(H,40,41)/b8-4-/t20-,21?,22+,25-,26-,32+/m0/s1. The average molecular weight is 659 g/mol. The van der Waals surface area contributed by atoms with Crippen LogP contribution in [0.1, 0.15) is 62.5 Å². The smallest absolute Gasteiger partial charge is 0.410 e. The second-order valence-corrected chi connectivity index (χ2v) is 13.1. The van der Waals surface area contributed by atoms with Crippen LogP contribution in [0.5, 0.6) is 0 Å². The number of carbonyl (C=O) groups excluding carboxylic acids is 4. The largest absolute Gasteiger partial charge is 0.479 e. The molecule has 14 heteroatoms. The zero-order valence-corrected chi connectivity index (χ0v) is 26.2. The highest BCUT2D eigenvalue weighted by Crippen LogP contribution is 2.45. The molecule has 6 rings (SSSR count). The molecule has 1 aromatic rings. The van der Waals surface area contributed by atoms with Gasteiger partial charge >= 0.3 is 18.2 Å². The summed E-state index contributed by atoms with van der Waals surface area (Å²) in [5.74, 6) is -2.69. The molecule has 4 heterocycles. The Kier molecular flexibility index (Phi) is 9.42. The minimum atomic E-state index is -1.47. The fourth-order valence-electron chi connectivity index (χ4n) is 6.81. The number of carboxylic acids is 1. The number of aliphatic carboxylic acids is 1. The van der Waals surface area contributed by atoms with Crippen molar-refractivity contribution in [2.45, 2.75) is 94.3 Å². The van der Waals surface area contributed by atoms with E-state index in [4.69, 9.17) is 25.8 Å². The highest BCUT2D eigenvalue weighted by atomic mass is 35.5. The van der Waals surface area contributed by atoms with Crippen LogP contribution in [0.3, 0.4) is 0 Å². The lowest BCUT2D eigenvalue weighted by atomic mass is 10.0. The van der Waals surface area contributed by atoms with E-state index in [1.54, 1.807) is 6.07 Å². The predicted molar refractivity (Wildman–Crippen MR) is 163 cm³/mol. The molecule has 1 aliphatic carbocycles. The summed E-state index contributed by atoms with van der Waals surface area (Å²) in [5.41, 5.74) is 0.282. The molecule has 0 radical (unpaired) electrons. The number of benzene rings is 1. The van der Waals surface area contributed by atoms with Gasteiger partial charge in [0, 0.05) is 30.3 Å². The summed E-state index contributed by atoms with van der Waals surface area (Å²) >= 11 is 6.32. The third-order valence-electron chi connectivity index (χ3n) is 9.53. The zero-order chi connectivity index (χ0) is 32.4. The molecule has 3 fully saturated rings. The van der Waals surface area contributed by atoms with Crippen molar-refractivity contribution in [1.82, 2.24) is 20.4 Å². The van der Waals surface area contributed by atoms with Crippen molar-refractivity contribution >= 4 is 41.6 Å². The first-order valence-corrected chi connectivity index (χ1v) is 16.3. The summed E-state index contributed by atoms with van der Waals surface area (Å²) in [7, 11) is 0. The average Bonchev–Trinajstić information content (AvgIpc) is 3.45. The summed E-state index contributed by atoms with van der Waals surface area (Å²) in [6.07, 6.45) is 5.17. The molecule has 248 valence electrons. The van der Waals surface area contributed by atoms with Gasteiger partial charge in [0.25, 0.3) is 0 Å². The second-order valence-electron chi connectivity index (χ2n) is 12.7. The number of alkyl carbamates (subject to hydrolysis) is 1. The lowest BCUT2D eigenvalue weighted by molar-refractivity contribution is -0.145. The molecule has 0 bridgehead atoms. The van der Waals surface area contributed by atoms with Crippen LogP contribution < -0.4 is 10.6 Å². The number of carbonyl (C=O) groups is 5. The van der Waals surface area contributed by atoms with E-state index in [0.717, 1.165) is 30.4 Å². The number of fused-ring (bicyclic) bond motifs is 3. The number of ether oxygens (including phenoxy) is 3. The third kappa shape index (κ3) is 6.80. The highest BCUT2D eigenvalue weighted by Gasteiger charge is 2.61. The van der Waals surface area contributed by atoms with Gasteiger partial charge in [-0.25, -0.2) is 14.4 Å². The normalized spacial score (nSPS) is 31.8. The summed E-state index contributed by atoms with van der Waals surface area (Å²) in [5, 5.41) is 16.0. The van der Waals surface area contributed by atoms with Gasteiger partial charge in [0.2, 0.25) is 11.8 Å². The highest BCUT2D eigenvalue weighted by molar-refractivity contribution is 6.31. The van der Waals surface area contributed by atoms with Crippen LogP contribution in [0.2, 0.25) is 5.02 Å². The lowest BCUT2D eigenvalue weighted by Gasteiger charge is -2.29. The van der Waals surface area contributed by atoms with E-state index in [2.05, 4.69) is 10.6 Å². The molecule has 0 aromatic heterocycles. The fraction of sp³-hybridized carbons (Fsp3) is 0.594. The van der Waals surface area contributed by atoms with Gasteiger partial charge in [-0.2, -0.15) is 0 Å². The number of rotatable bonds is 4. The number of carboxylic acid groups (broad SMARTS) is 1. The van der Waals surface area contributed by atoms with Crippen molar-refractivity contribution in [3.63, 3.8) is 0 Å². The van der Waals surface area contributed by atoms with Crippen molar-refractivity contribution in [3.05, 3.63) is 46.5 Å². The number of halogens is 1. The molecular formula is C32H39ClN4O9. The Balaban J connectivity index is 1.21. The van der Waals surface area contributed by atoms with E-state index >= 15 is 0 Å². The molecule has 4 aliphatic heterocycles. The number of allylic oxidation sites excluding steroid dienone is 1. The van der Waals surface area contributed by atoms with Gasteiger partial charge in [-0.1, -0.05) is 48.7 Å². The van der Waals surface area contributed by atoms with Gasteiger partial charge in [-0.15, -0.1) is 0 Å². The molecule has 13 nitrogen and oxygen atoms in total. The van der Waals surface area contributed by atoms with Gasteiger partial charge in [-0.3, -0.25) is 14.5 Å². The molecule has 46 heavy (non-hydrogen) atoms. The molecule has 6 atom stereocenters. The first-order valence-electron chi connectivity index (χ1n) is 15.9. The van der Waals surface area contributed by atoms with Gasteiger partial charge < -0.3 is 34.9 Å². The van der Waals surface area contributed by atoms with Crippen LogP contribution >= 0.6 is 11.6 Å². The van der Waals surface area contributed by atoms with Gasteiger partial charge in [-0.05, 0) is 42.9 Å². The Morgan fingerprint density at radius 2 is 1.93 bits per heavy atom. The molecular weight excluding hydrogens is 620 g/mol. The van der Waals surface area contributed by atoms with Gasteiger partial charge in [0.05, 0.1) is 26.3 Å². The minimum Gasteiger partial charge on any atom is -0.479 e. The molecule has 1 saturated carbocycles. The Labute approximate surface area is 271 Å². The summed E-state index contributed by atoms with van der Waals surface area (Å²) in [6, 6.07) is 3.34. The Hall–Kier alpha value is -3.84. The van der Waals surface area contributed by atoms with Crippen LogP contribution in [0.25, 0.3) is 0 Å². The predicted octanol–water partition coefficient (Wildman–Crippen LogP) is 3.13. The molecule has 2 saturated heterocycles. The molecule has 4 amide bonds. The third-order valence-corrected chi connectivity index (χ3v) is 9.88. The van der Waals surface area contributed by atoms with Gasteiger partial charge in [0.15, 0.2) is 0 Å². The number of amides is 4. The molecule has 1 unspecified atom stereocenters. The second kappa shape index (κ2) is 13.5. The molecule has 0 spiro atoms. The summed E-state index contributed by atoms with van der Waals surface area (Å²) in [6.45, 7) is 1.24. The van der Waals surface area contributed by atoms with Crippen LogP contribution in [0, 0.1) is 5.92 Å². The maximum Gasteiger partial charge on any atom is 0.410 e. The lowest BCUT2D eigenvalue weighted by Crippen LogP contribution is -2.56. The molecule has 3 N–H and O–H groups in total. The molecule has 1 aromatic carbocycles.